The first-order chi connectivity index (χ1) is 13.4. The van der Waals surface area contributed by atoms with E-state index < -0.39 is 6.04 Å². The van der Waals surface area contributed by atoms with E-state index in [0.29, 0.717) is 30.1 Å². The van der Waals surface area contributed by atoms with Crippen LogP contribution in [-0.4, -0.2) is 48.2 Å². The number of anilines is 1. The quantitative estimate of drug-likeness (QED) is 0.551. The van der Waals surface area contributed by atoms with Gasteiger partial charge in [-0.2, -0.15) is 0 Å². The SMILES string of the molecule is CC(=O)CCCCC[C@H](NC(=O)CN1CCCC1)C(=O)Nc1cccc(Cl)c1. The molecule has 1 saturated heterocycles. The summed E-state index contributed by atoms with van der Waals surface area (Å²) in [5, 5.41) is 6.26. The van der Waals surface area contributed by atoms with Gasteiger partial charge >= 0.3 is 0 Å². The van der Waals surface area contributed by atoms with Gasteiger partial charge in [0.2, 0.25) is 11.8 Å². The smallest absolute Gasteiger partial charge is 0.246 e. The second-order valence-electron chi connectivity index (χ2n) is 7.40. The number of hydrogen-bond donors (Lipinski definition) is 2. The normalized spacial score (nSPS) is 15.2. The number of ketones is 1. The number of nitrogens with one attached hydrogen (secondary N) is 2. The standard InChI is InChI=1S/C21H30ClN3O3/c1-16(26)8-3-2-4-11-19(24-20(27)15-25-12-5-6-13-25)21(28)23-18-10-7-9-17(22)14-18/h7,9-10,14,19H,2-6,8,11-13,15H2,1H3,(H,23,28)(H,24,27)/t19-/m0/s1. The Morgan fingerprint density at radius 3 is 2.57 bits per heavy atom. The molecule has 6 nitrogen and oxygen atoms in total. The minimum atomic E-state index is -0.605. The Balaban J connectivity index is 1.90. The van der Waals surface area contributed by atoms with Crippen LogP contribution in [0.2, 0.25) is 5.02 Å². The summed E-state index contributed by atoms with van der Waals surface area (Å²) in [4.78, 5) is 38.3. The third-order valence-electron chi connectivity index (χ3n) is 4.83. The summed E-state index contributed by atoms with van der Waals surface area (Å²) < 4.78 is 0. The summed E-state index contributed by atoms with van der Waals surface area (Å²) >= 11 is 5.98. The van der Waals surface area contributed by atoms with Crippen LogP contribution < -0.4 is 10.6 Å². The van der Waals surface area contributed by atoms with Gasteiger partial charge in [0.15, 0.2) is 0 Å². The van der Waals surface area contributed by atoms with Gasteiger partial charge in [-0.3, -0.25) is 14.5 Å². The maximum atomic E-state index is 12.7. The lowest BCUT2D eigenvalue weighted by molar-refractivity contribution is -0.127. The molecule has 0 unspecified atom stereocenters. The zero-order valence-corrected chi connectivity index (χ0v) is 17.3. The fourth-order valence-electron chi connectivity index (χ4n) is 3.35. The molecule has 0 spiro atoms. The van der Waals surface area contributed by atoms with E-state index in [4.69, 9.17) is 11.6 Å². The van der Waals surface area contributed by atoms with E-state index in [9.17, 15) is 14.4 Å². The van der Waals surface area contributed by atoms with Crippen LogP contribution in [0, 0.1) is 0 Å². The van der Waals surface area contributed by atoms with Gasteiger partial charge in [0.1, 0.15) is 11.8 Å². The number of carbonyl (C=O) groups excluding carboxylic acids is 3. The number of carbonyl (C=O) groups is 3. The maximum Gasteiger partial charge on any atom is 0.246 e. The topological polar surface area (TPSA) is 78.5 Å². The molecule has 1 fully saturated rings. The number of amides is 2. The van der Waals surface area contributed by atoms with Crippen molar-refractivity contribution in [3.8, 4) is 0 Å². The third kappa shape index (κ3) is 8.40. The Labute approximate surface area is 172 Å². The predicted octanol–water partition coefficient (Wildman–Crippen LogP) is 3.40. The monoisotopic (exact) mass is 407 g/mol. The summed E-state index contributed by atoms with van der Waals surface area (Å²) in [6.45, 7) is 3.76. The van der Waals surface area contributed by atoms with Crippen LogP contribution in [0.15, 0.2) is 24.3 Å². The molecule has 154 valence electrons. The Morgan fingerprint density at radius 1 is 1.14 bits per heavy atom. The Morgan fingerprint density at radius 2 is 1.89 bits per heavy atom. The minimum absolute atomic E-state index is 0.128. The zero-order valence-electron chi connectivity index (χ0n) is 16.5. The molecular weight excluding hydrogens is 378 g/mol. The zero-order chi connectivity index (χ0) is 20.4. The number of halogens is 1. The largest absolute Gasteiger partial charge is 0.343 e. The van der Waals surface area contributed by atoms with Gasteiger partial charge in [0.25, 0.3) is 0 Å². The summed E-state index contributed by atoms with van der Waals surface area (Å²) in [5.74, 6) is -0.199. The summed E-state index contributed by atoms with van der Waals surface area (Å²) in [7, 11) is 0. The van der Waals surface area contributed by atoms with Crippen LogP contribution in [0.3, 0.4) is 0 Å². The number of likely N-dealkylation sites (tertiary alicyclic amines) is 1. The first kappa shape index (κ1) is 22.4. The van der Waals surface area contributed by atoms with Crippen molar-refractivity contribution in [2.75, 3.05) is 25.0 Å². The molecule has 2 N–H and O–H groups in total. The molecule has 0 bridgehead atoms. The van der Waals surface area contributed by atoms with E-state index in [-0.39, 0.29) is 17.6 Å². The molecule has 2 rings (SSSR count). The number of hydrogen-bond acceptors (Lipinski definition) is 4. The van der Waals surface area contributed by atoms with E-state index in [1.54, 1.807) is 31.2 Å². The second kappa shape index (κ2) is 11.8. The molecule has 0 aliphatic carbocycles. The Bertz CT molecular complexity index is 675. The molecule has 1 aliphatic heterocycles. The van der Waals surface area contributed by atoms with Gasteiger partial charge in [0.05, 0.1) is 6.54 Å². The predicted molar refractivity (Wildman–Crippen MR) is 111 cm³/mol. The van der Waals surface area contributed by atoms with Crippen LogP contribution in [0.25, 0.3) is 0 Å². The molecule has 2 amide bonds. The van der Waals surface area contributed by atoms with E-state index in [2.05, 4.69) is 15.5 Å². The lowest BCUT2D eigenvalue weighted by Crippen LogP contribution is -2.47. The summed E-state index contributed by atoms with van der Waals surface area (Å²) in [6.07, 6.45) is 5.74. The van der Waals surface area contributed by atoms with Crippen molar-refractivity contribution in [2.24, 2.45) is 0 Å². The molecule has 1 atom stereocenters. The average Bonchev–Trinajstić information content (AvgIpc) is 3.13. The molecule has 28 heavy (non-hydrogen) atoms. The Kier molecular flexibility index (Phi) is 9.44. The van der Waals surface area contributed by atoms with Crippen molar-refractivity contribution in [3.63, 3.8) is 0 Å². The van der Waals surface area contributed by atoms with Crippen molar-refractivity contribution in [1.29, 1.82) is 0 Å². The van der Waals surface area contributed by atoms with Gasteiger partial charge in [0, 0.05) is 17.1 Å². The highest BCUT2D eigenvalue weighted by molar-refractivity contribution is 6.30. The van der Waals surface area contributed by atoms with Crippen molar-refractivity contribution in [2.45, 2.75) is 57.9 Å². The van der Waals surface area contributed by atoms with Crippen LogP contribution in [0.5, 0.6) is 0 Å². The van der Waals surface area contributed by atoms with Crippen LogP contribution in [0.1, 0.15) is 51.9 Å². The first-order valence-electron chi connectivity index (χ1n) is 10.0. The molecule has 1 aliphatic rings. The van der Waals surface area contributed by atoms with Crippen LogP contribution in [0.4, 0.5) is 5.69 Å². The fourth-order valence-corrected chi connectivity index (χ4v) is 3.54. The van der Waals surface area contributed by atoms with E-state index in [0.717, 1.165) is 45.2 Å². The van der Waals surface area contributed by atoms with Gasteiger partial charge < -0.3 is 15.4 Å². The first-order valence-corrected chi connectivity index (χ1v) is 10.4. The van der Waals surface area contributed by atoms with Crippen molar-refractivity contribution < 1.29 is 14.4 Å². The highest BCUT2D eigenvalue weighted by Crippen LogP contribution is 2.16. The van der Waals surface area contributed by atoms with Crippen LogP contribution >= 0.6 is 11.6 Å². The average molecular weight is 408 g/mol. The molecular formula is C21H30ClN3O3. The number of unbranched alkanes of at least 4 members (excludes halogenated alkanes) is 2. The molecule has 0 saturated carbocycles. The molecule has 0 aromatic heterocycles. The summed E-state index contributed by atoms with van der Waals surface area (Å²) in [5.41, 5.74) is 0.605. The number of rotatable bonds is 11. The van der Waals surface area contributed by atoms with E-state index in [1.807, 2.05) is 0 Å². The van der Waals surface area contributed by atoms with Crippen molar-refractivity contribution >= 4 is 34.9 Å². The van der Waals surface area contributed by atoms with Crippen LogP contribution in [-0.2, 0) is 14.4 Å². The highest BCUT2D eigenvalue weighted by Gasteiger charge is 2.22. The lowest BCUT2D eigenvalue weighted by Gasteiger charge is -2.21. The summed E-state index contributed by atoms with van der Waals surface area (Å²) in [6, 6.07) is 6.34. The Hall–Kier alpha value is -1.92. The number of benzene rings is 1. The molecule has 1 aromatic rings. The fraction of sp³-hybridized carbons (Fsp3) is 0.571. The maximum absolute atomic E-state index is 12.7. The number of Topliss-reactive ketones (excluding diaryl/α,β-unsaturated/α-hetero) is 1. The van der Waals surface area contributed by atoms with E-state index in [1.165, 1.54) is 0 Å². The molecule has 0 radical (unpaired) electrons. The van der Waals surface area contributed by atoms with Crippen molar-refractivity contribution in [1.82, 2.24) is 10.2 Å². The molecule has 1 aromatic carbocycles. The van der Waals surface area contributed by atoms with Gasteiger partial charge in [-0.05, 0) is 63.9 Å². The minimum Gasteiger partial charge on any atom is -0.343 e. The lowest BCUT2D eigenvalue weighted by atomic mass is 10.1. The number of nitrogens with zero attached hydrogens (tertiary/aromatic N) is 1. The third-order valence-corrected chi connectivity index (χ3v) is 5.07. The van der Waals surface area contributed by atoms with Gasteiger partial charge in [-0.1, -0.05) is 30.5 Å². The molecule has 7 heteroatoms. The van der Waals surface area contributed by atoms with E-state index >= 15 is 0 Å². The van der Waals surface area contributed by atoms with Gasteiger partial charge in [-0.15, -0.1) is 0 Å². The van der Waals surface area contributed by atoms with Gasteiger partial charge in [-0.25, -0.2) is 0 Å². The second-order valence-corrected chi connectivity index (χ2v) is 7.84. The highest BCUT2D eigenvalue weighted by atomic mass is 35.5. The molecule has 1 heterocycles. The van der Waals surface area contributed by atoms with Crippen molar-refractivity contribution in [3.05, 3.63) is 29.3 Å².